The first-order valence-corrected chi connectivity index (χ1v) is 11.8. The van der Waals surface area contributed by atoms with Crippen LogP contribution in [0.5, 0.6) is 5.75 Å². The molecule has 1 N–H and O–H groups in total. The van der Waals surface area contributed by atoms with Crippen LogP contribution in [0, 0.1) is 11.3 Å². The molecule has 1 heterocycles. The molecule has 0 spiro atoms. The predicted octanol–water partition coefficient (Wildman–Crippen LogP) is 5.68. The molecule has 0 saturated heterocycles. The van der Waals surface area contributed by atoms with Crippen LogP contribution >= 0.6 is 0 Å². The summed E-state index contributed by atoms with van der Waals surface area (Å²) in [5, 5.41) is 9.99. The lowest BCUT2D eigenvalue weighted by atomic mass is 9.71. The van der Waals surface area contributed by atoms with Crippen LogP contribution in [0.15, 0.2) is 42.5 Å². The molecule has 0 bridgehead atoms. The monoisotopic (exact) mass is 449 g/mol. The van der Waals surface area contributed by atoms with Gasteiger partial charge in [-0.3, -0.25) is 0 Å². The Morgan fingerprint density at radius 3 is 2.39 bits per heavy atom. The summed E-state index contributed by atoms with van der Waals surface area (Å²) in [6.45, 7) is 7.74. The zero-order chi connectivity index (χ0) is 23.8. The molecule has 0 amide bonds. The van der Waals surface area contributed by atoms with Gasteiger partial charge in [-0.05, 0) is 66.8 Å². The second kappa shape index (κ2) is 9.08. The third-order valence-electron chi connectivity index (χ3n) is 7.19. The number of aryl methyl sites for hydroxylation is 1. The number of methoxy groups -OCH3 is 1. The second-order valence-corrected chi connectivity index (χ2v) is 10.3. The van der Waals surface area contributed by atoms with E-state index in [4.69, 9.17) is 9.72 Å². The molecule has 0 atom stereocenters. The van der Waals surface area contributed by atoms with Gasteiger partial charge in [0.2, 0.25) is 5.95 Å². The molecule has 0 radical (unpaired) electrons. The summed E-state index contributed by atoms with van der Waals surface area (Å²) in [5.41, 5.74) is 3.79. The molecule has 0 aliphatic heterocycles. The van der Waals surface area contributed by atoms with Crippen LogP contribution in [-0.2, 0) is 18.3 Å². The maximum atomic E-state index is 11.8. The third-order valence-corrected chi connectivity index (χ3v) is 7.19. The second-order valence-electron chi connectivity index (χ2n) is 10.3. The highest BCUT2D eigenvalue weighted by molar-refractivity contribution is 5.89. The quantitative estimate of drug-likeness (QED) is 0.508. The van der Waals surface area contributed by atoms with Gasteiger partial charge < -0.3 is 19.3 Å². The number of nitrogens with zero attached hydrogens (tertiary/aromatic N) is 3. The van der Waals surface area contributed by atoms with E-state index in [1.807, 2.05) is 37.4 Å². The fourth-order valence-corrected chi connectivity index (χ4v) is 5.10. The highest BCUT2D eigenvalue weighted by atomic mass is 16.5. The van der Waals surface area contributed by atoms with Crippen molar-refractivity contribution in [2.75, 3.05) is 12.0 Å². The largest absolute Gasteiger partial charge is 0.508 e. The third kappa shape index (κ3) is 4.85. The van der Waals surface area contributed by atoms with Gasteiger partial charge in [0.25, 0.3) is 0 Å². The molecule has 6 heteroatoms. The summed E-state index contributed by atoms with van der Waals surface area (Å²) in [7, 11) is 3.41. The van der Waals surface area contributed by atoms with Gasteiger partial charge in [-0.25, -0.2) is 9.78 Å². The Morgan fingerprint density at radius 1 is 1.12 bits per heavy atom. The Balaban J connectivity index is 1.66. The van der Waals surface area contributed by atoms with Crippen molar-refractivity contribution >= 4 is 23.0 Å². The van der Waals surface area contributed by atoms with Crippen LogP contribution < -0.4 is 4.90 Å². The summed E-state index contributed by atoms with van der Waals surface area (Å²) < 4.78 is 6.91. The van der Waals surface area contributed by atoms with E-state index in [0.717, 1.165) is 41.3 Å². The van der Waals surface area contributed by atoms with E-state index >= 15 is 0 Å². The van der Waals surface area contributed by atoms with E-state index in [1.54, 1.807) is 12.1 Å². The Morgan fingerprint density at radius 2 is 1.79 bits per heavy atom. The molecule has 0 unspecified atom stereocenters. The number of imidazole rings is 1. The zero-order valence-corrected chi connectivity index (χ0v) is 20.3. The number of hydrogen-bond acceptors (Lipinski definition) is 5. The summed E-state index contributed by atoms with van der Waals surface area (Å²) in [6, 6.07) is 13.3. The maximum Gasteiger partial charge on any atom is 0.337 e. The van der Waals surface area contributed by atoms with E-state index in [0.29, 0.717) is 23.6 Å². The van der Waals surface area contributed by atoms with Crippen molar-refractivity contribution < 1.29 is 14.6 Å². The highest BCUT2D eigenvalue weighted by Crippen LogP contribution is 2.40. The summed E-state index contributed by atoms with van der Waals surface area (Å²) in [4.78, 5) is 19.2. The van der Waals surface area contributed by atoms with Crippen LogP contribution in [0.4, 0.5) is 5.95 Å². The Bertz CT molecular complexity index is 1120. The minimum Gasteiger partial charge on any atom is -0.508 e. The molecule has 1 aliphatic carbocycles. The first kappa shape index (κ1) is 23.1. The van der Waals surface area contributed by atoms with Crippen molar-refractivity contribution in [3.05, 3.63) is 53.6 Å². The van der Waals surface area contributed by atoms with Crippen molar-refractivity contribution in [2.24, 2.45) is 18.4 Å². The summed E-state index contributed by atoms with van der Waals surface area (Å²) >= 11 is 0. The zero-order valence-electron chi connectivity index (χ0n) is 20.3. The molecule has 6 nitrogen and oxygen atoms in total. The van der Waals surface area contributed by atoms with Gasteiger partial charge in [0.1, 0.15) is 5.75 Å². The first-order chi connectivity index (χ1) is 15.7. The number of phenolic OH excluding ortho intramolecular Hbond substituents is 1. The average molecular weight is 450 g/mol. The fourth-order valence-electron chi connectivity index (χ4n) is 5.10. The Hall–Kier alpha value is -3.02. The molecule has 1 saturated carbocycles. The van der Waals surface area contributed by atoms with Crippen LogP contribution in [0.3, 0.4) is 0 Å². The molecule has 2 aromatic carbocycles. The topological polar surface area (TPSA) is 67.6 Å². The van der Waals surface area contributed by atoms with Crippen LogP contribution in [-0.4, -0.2) is 33.8 Å². The minimum absolute atomic E-state index is 0.243. The molecular weight excluding hydrogens is 414 g/mol. The number of phenols is 1. The van der Waals surface area contributed by atoms with E-state index in [9.17, 15) is 9.90 Å². The van der Waals surface area contributed by atoms with E-state index < -0.39 is 0 Å². The van der Waals surface area contributed by atoms with Crippen molar-refractivity contribution in [1.29, 1.82) is 0 Å². The number of carbonyl (C=O) groups excluding carboxylic acids is 1. The van der Waals surface area contributed by atoms with Crippen molar-refractivity contribution in [1.82, 2.24) is 9.55 Å². The number of esters is 1. The number of ether oxygens (including phenoxy) is 1. The molecule has 1 aromatic heterocycles. The molecule has 1 aliphatic rings. The smallest absolute Gasteiger partial charge is 0.337 e. The van der Waals surface area contributed by atoms with Crippen molar-refractivity contribution in [3.63, 3.8) is 0 Å². The van der Waals surface area contributed by atoms with E-state index in [2.05, 4.69) is 30.2 Å². The SMILES string of the molecule is COC(=O)c1ccc(CN(c2nc3ccc(O)cc3n2C)C2CCC(C(C)(C)C)CC2)cc1. The number of hydrogen-bond donors (Lipinski definition) is 1. The number of aromatic nitrogens is 2. The van der Waals surface area contributed by atoms with Gasteiger partial charge in [-0.1, -0.05) is 32.9 Å². The fraction of sp³-hybridized carbons (Fsp3) is 0.481. The lowest BCUT2D eigenvalue weighted by Gasteiger charge is -2.41. The molecule has 3 aromatic rings. The van der Waals surface area contributed by atoms with Crippen molar-refractivity contribution in [2.45, 2.75) is 59.0 Å². The lowest BCUT2D eigenvalue weighted by molar-refractivity contribution is 0.0600. The summed E-state index contributed by atoms with van der Waals surface area (Å²) in [6.07, 6.45) is 4.65. The van der Waals surface area contributed by atoms with Crippen LogP contribution in [0.25, 0.3) is 11.0 Å². The number of anilines is 1. The highest BCUT2D eigenvalue weighted by Gasteiger charge is 2.33. The minimum atomic E-state index is -0.325. The predicted molar refractivity (Wildman–Crippen MR) is 132 cm³/mol. The molecule has 176 valence electrons. The van der Waals surface area contributed by atoms with Gasteiger partial charge in [-0.15, -0.1) is 0 Å². The number of rotatable bonds is 5. The normalized spacial score (nSPS) is 18.9. The molecule has 1 fully saturated rings. The lowest BCUT2D eigenvalue weighted by Crippen LogP contribution is -2.41. The van der Waals surface area contributed by atoms with Crippen LogP contribution in [0.1, 0.15) is 62.4 Å². The van der Waals surface area contributed by atoms with E-state index in [1.165, 1.54) is 20.0 Å². The number of benzene rings is 2. The van der Waals surface area contributed by atoms with Gasteiger partial charge in [0.15, 0.2) is 0 Å². The maximum absolute atomic E-state index is 11.8. The molecular formula is C27H35N3O3. The van der Waals surface area contributed by atoms with E-state index in [-0.39, 0.29) is 11.7 Å². The van der Waals surface area contributed by atoms with Gasteiger partial charge in [-0.2, -0.15) is 0 Å². The first-order valence-electron chi connectivity index (χ1n) is 11.8. The number of aromatic hydroxyl groups is 1. The number of carbonyl (C=O) groups is 1. The Kier molecular flexibility index (Phi) is 6.37. The van der Waals surface area contributed by atoms with Crippen molar-refractivity contribution in [3.8, 4) is 5.75 Å². The number of fused-ring (bicyclic) bond motifs is 1. The standard InChI is InChI=1S/C27H35N3O3/c1-27(2,3)20-10-12-21(13-11-20)30(17-18-6-8-19(9-7-18)25(32)33-5)26-28-23-15-14-22(31)16-24(23)29(26)4/h6-9,14-16,20-21,31H,10-13,17H2,1-5H3. The molecule has 4 rings (SSSR count). The van der Waals surface area contributed by atoms with Gasteiger partial charge in [0.05, 0.1) is 23.7 Å². The summed E-state index contributed by atoms with van der Waals surface area (Å²) in [5.74, 6) is 1.56. The average Bonchev–Trinajstić information content (AvgIpc) is 3.12. The molecule has 33 heavy (non-hydrogen) atoms. The Labute approximate surface area is 196 Å². The van der Waals surface area contributed by atoms with Crippen LogP contribution in [0.2, 0.25) is 0 Å². The van der Waals surface area contributed by atoms with Gasteiger partial charge >= 0.3 is 5.97 Å². The van der Waals surface area contributed by atoms with Gasteiger partial charge in [0, 0.05) is 25.7 Å².